The molecule has 9 heteroatoms. The fourth-order valence-corrected chi connectivity index (χ4v) is 2.86. The maximum absolute atomic E-state index is 12.3. The van der Waals surface area contributed by atoms with E-state index in [4.69, 9.17) is 9.26 Å². The van der Waals surface area contributed by atoms with Crippen molar-refractivity contribution in [3.05, 3.63) is 41.7 Å². The van der Waals surface area contributed by atoms with Gasteiger partial charge in [-0.3, -0.25) is 9.59 Å². The first-order valence-corrected chi connectivity index (χ1v) is 8.67. The van der Waals surface area contributed by atoms with Crippen molar-refractivity contribution >= 4 is 35.4 Å². The fourth-order valence-electron chi connectivity index (χ4n) is 1.84. The van der Waals surface area contributed by atoms with Crippen LogP contribution in [0.2, 0.25) is 0 Å². The van der Waals surface area contributed by atoms with Crippen molar-refractivity contribution in [3.63, 3.8) is 0 Å². The average molecular weight is 377 g/mol. The zero-order valence-corrected chi connectivity index (χ0v) is 15.5. The largest absolute Gasteiger partial charge is 0.452 e. The summed E-state index contributed by atoms with van der Waals surface area (Å²) in [6, 6.07) is 8.31. The zero-order chi connectivity index (χ0) is 19.1. The Morgan fingerprint density at radius 1 is 1.27 bits per heavy atom. The molecule has 0 bridgehead atoms. The molecule has 1 aromatic heterocycles. The van der Waals surface area contributed by atoms with E-state index in [0.717, 1.165) is 0 Å². The van der Waals surface area contributed by atoms with Gasteiger partial charge in [0.15, 0.2) is 12.4 Å². The summed E-state index contributed by atoms with van der Waals surface area (Å²) in [5, 5.41) is 6.08. The summed E-state index contributed by atoms with van der Waals surface area (Å²) in [7, 11) is 3.33. The van der Waals surface area contributed by atoms with E-state index in [1.54, 1.807) is 51.4 Å². The van der Waals surface area contributed by atoms with Gasteiger partial charge in [0.2, 0.25) is 5.91 Å². The highest BCUT2D eigenvalue weighted by Gasteiger charge is 2.16. The molecule has 26 heavy (non-hydrogen) atoms. The summed E-state index contributed by atoms with van der Waals surface area (Å²) in [5.41, 5.74) is 0.300. The van der Waals surface area contributed by atoms with Gasteiger partial charge >= 0.3 is 5.97 Å². The van der Waals surface area contributed by atoms with Gasteiger partial charge in [0.1, 0.15) is 5.76 Å². The normalized spacial score (nSPS) is 10.3. The molecule has 1 aromatic carbocycles. The Morgan fingerprint density at radius 3 is 2.65 bits per heavy atom. The highest BCUT2D eigenvalue weighted by molar-refractivity contribution is 8.00. The molecule has 0 unspecified atom stereocenters. The van der Waals surface area contributed by atoms with Crippen LogP contribution >= 0.6 is 11.8 Å². The monoisotopic (exact) mass is 377 g/mol. The third-order valence-electron chi connectivity index (χ3n) is 3.19. The molecular weight excluding hydrogens is 358 g/mol. The lowest BCUT2D eigenvalue weighted by atomic mass is 10.2. The van der Waals surface area contributed by atoms with Gasteiger partial charge in [-0.05, 0) is 19.1 Å². The van der Waals surface area contributed by atoms with E-state index in [9.17, 15) is 14.4 Å². The lowest BCUT2D eigenvalue weighted by Gasteiger charge is -2.11. The Labute approximate surface area is 154 Å². The number of nitrogens with one attached hydrogen (secondary N) is 1. The average Bonchev–Trinajstić information content (AvgIpc) is 3.02. The van der Waals surface area contributed by atoms with E-state index in [2.05, 4.69) is 10.5 Å². The molecule has 0 spiro atoms. The number of nitrogens with zero attached hydrogens (tertiary/aromatic N) is 2. The number of amides is 2. The number of hydrogen-bond acceptors (Lipinski definition) is 7. The van der Waals surface area contributed by atoms with Crippen LogP contribution in [0, 0.1) is 6.92 Å². The van der Waals surface area contributed by atoms with Crippen LogP contribution in [-0.4, -0.2) is 54.3 Å². The number of carbonyl (C=O) groups is 3. The molecule has 2 rings (SSSR count). The standard InChI is InChI=1S/C17H19N3O5S/c1-11-8-14(19-25-11)18-15(21)9-24-17(23)12-6-4-5-7-13(12)26-10-16(22)20(2)3/h4-8H,9-10H2,1-3H3,(H,18,19,21). The van der Waals surface area contributed by atoms with Crippen molar-refractivity contribution in [2.75, 3.05) is 31.8 Å². The Bertz CT molecular complexity index is 803. The summed E-state index contributed by atoms with van der Waals surface area (Å²) >= 11 is 1.24. The molecular formula is C17H19N3O5S. The van der Waals surface area contributed by atoms with Gasteiger partial charge in [0.05, 0.1) is 11.3 Å². The van der Waals surface area contributed by atoms with Crippen molar-refractivity contribution in [2.45, 2.75) is 11.8 Å². The van der Waals surface area contributed by atoms with Gasteiger partial charge in [0.25, 0.3) is 5.91 Å². The number of benzene rings is 1. The molecule has 0 fully saturated rings. The quantitative estimate of drug-likeness (QED) is 0.581. The van der Waals surface area contributed by atoms with Crippen LogP contribution in [0.5, 0.6) is 0 Å². The van der Waals surface area contributed by atoms with E-state index >= 15 is 0 Å². The van der Waals surface area contributed by atoms with Gasteiger partial charge in [-0.15, -0.1) is 11.8 Å². The van der Waals surface area contributed by atoms with Gasteiger partial charge in [0, 0.05) is 25.1 Å². The number of hydrogen-bond donors (Lipinski definition) is 1. The van der Waals surface area contributed by atoms with Crippen molar-refractivity contribution in [2.24, 2.45) is 0 Å². The van der Waals surface area contributed by atoms with Crippen LogP contribution in [0.15, 0.2) is 39.8 Å². The number of esters is 1. The van der Waals surface area contributed by atoms with E-state index in [1.165, 1.54) is 16.7 Å². The number of aryl methyl sites for hydroxylation is 1. The molecule has 8 nitrogen and oxygen atoms in total. The smallest absolute Gasteiger partial charge is 0.339 e. The fraction of sp³-hybridized carbons (Fsp3) is 0.294. The van der Waals surface area contributed by atoms with Crippen LogP contribution in [-0.2, 0) is 14.3 Å². The van der Waals surface area contributed by atoms with E-state index < -0.39 is 18.5 Å². The number of aromatic nitrogens is 1. The minimum Gasteiger partial charge on any atom is -0.452 e. The summed E-state index contributed by atoms with van der Waals surface area (Å²) < 4.78 is 9.88. The van der Waals surface area contributed by atoms with Crippen LogP contribution in [0.25, 0.3) is 0 Å². The molecule has 0 atom stereocenters. The first-order valence-electron chi connectivity index (χ1n) is 7.69. The van der Waals surface area contributed by atoms with E-state index in [-0.39, 0.29) is 17.5 Å². The number of thioether (sulfide) groups is 1. The number of carbonyl (C=O) groups excluding carboxylic acids is 3. The lowest BCUT2D eigenvalue weighted by molar-refractivity contribution is -0.125. The van der Waals surface area contributed by atoms with Crippen molar-refractivity contribution in [1.29, 1.82) is 0 Å². The first kappa shape index (κ1) is 19.5. The highest BCUT2D eigenvalue weighted by atomic mass is 32.2. The molecule has 2 amide bonds. The third-order valence-corrected chi connectivity index (χ3v) is 4.25. The molecule has 1 heterocycles. The molecule has 138 valence electrons. The van der Waals surface area contributed by atoms with Gasteiger partial charge in [-0.1, -0.05) is 17.3 Å². The van der Waals surface area contributed by atoms with Gasteiger partial charge in [-0.25, -0.2) is 4.79 Å². The second kappa shape index (κ2) is 9.04. The molecule has 0 aliphatic carbocycles. The summed E-state index contributed by atoms with van der Waals surface area (Å²) in [6.45, 7) is 1.23. The molecule has 2 aromatic rings. The predicted molar refractivity (Wildman–Crippen MR) is 96.0 cm³/mol. The second-order valence-electron chi connectivity index (χ2n) is 5.52. The highest BCUT2D eigenvalue weighted by Crippen LogP contribution is 2.23. The Balaban J connectivity index is 1.92. The summed E-state index contributed by atoms with van der Waals surface area (Å²) in [6.07, 6.45) is 0. The van der Waals surface area contributed by atoms with E-state index in [1.807, 2.05) is 0 Å². The Kier molecular flexibility index (Phi) is 6.79. The summed E-state index contributed by atoms with van der Waals surface area (Å²) in [5.74, 6) is -0.238. The molecule has 0 aliphatic heterocycles. The van der Waals surface area contributed by atoms with Crippen LogP contribution in [0.3, 0.4) is 0 Å². The zero-order valence-electron chi connectivity index (χ0n) is 14.6. The lowest BCUT2D eigenvalue weighted by Crippen LogP contribution is -2.23. The molecule has 0 radical (unpaired) electrons. The third kappa shape index (κ3) is 5.62. The molecule has 0 aliphatic rings. The maximum Gasteiger partial charge on any atom is 0.339 e. The van der Waals surface area contributed by atoms with Crippen molar-refractivity contribution in [3.8, 4) is 0 Å². The molecule has 0 saturated heterocycles. The summed E-state index contributed by atoms with van der Waals surface area (Å²) in [4.78, 5) is 37.9. The van der Waals surface area contributed by atoms with Gasteiger partial charge < -0.3 is 19.5 Å². The minimum absolute atomic E-state index is 0.0690. The number of ether oxygens (including phenoxy) is 1. The van der Waals surface area contributed by atoms with E-state index in [0.29, 0.717) is 16.2 Å². The topological polar surface area (TPSA) is 102 Å². The van der Waals surface area contributed by atoms with Crippen LogP contribution in [0.4, 0.5) is 5.82 Å². The number of anilines is 1. The van der Waals surface area contributed by atoms with Crippen LogP contribution < -0.4 is 5.32 Å². The first-order chi connectivity index (χ1) is 12.4. The van der Waals surface area contributed by atoms with Crippen LogP contribution in [0.1, 0.15) is 16.1 Å². The van der Waals surface area contributed by atoms with Crippen molar-refractivity contribution in [1.82, 2.24) is 10.1 Å². The SMILES string of the molecule is Cc1cc(NC(=O)COC(=O)c2ccccc2SCC(=O)N(C)C)no1. The minimum atomic E-state index is -0.642. The Morgan fingerprint density at radius 2 is 2.00 bits per heavy atom. The number of rotatable bonds is 7. The molecule has 1 N–H and O–H groups in total. The predicted octanol–water partition coefficient (Wildman–Crippen LogP) is 1.96. The molecule has 0 saturated carbocycles. The van der Waals surface area contributed by atoms with Gasteiger partial charge in [-0.2, -0.15) is 0 Å². The maximum atomic E-state index is 12.3. The second-order valence-corrected chi connectivity index (χ2v) is 6.54. The van der Waals surface area contributed by atoms with Crippen molar-refractivity contribution < 1.29 is 23.6 Å². The Hall–Kier alpha value is -2.81.